The van der Waals surface area contributed by atoms with E-state index in [0.717, 1.165) is 44.0 Å². The molecule has 3 amide bonds. The minimum Gasteiger partial charge on any atom is -0.493 e. The van der Waals surface area contributed by atoms with Crippen LogP contribution >= 0.6 is 11.8 Å². The Labute approximate surface area is 346 Å². The lowest BCUT2D eigenvalue weighted by atomic mass is 9.67. The van der Waals surface area contributed by atoms with Gasteiger partial charge in [0.1, 0.15) is 11.4 Å². The summed E-state index contributed by atoms with van der Waals surface area (Å²) in [5.41, 5.74) is -0.484. The first-order chi connectivity index (χ1) is 26.3. The number of ether oxygens (including phenoxy) is 3. The third-order valence-corrected chi connectivity index (χ3v) is 12.1. The fraction of sp³-hybridized carbons (Fsp3) is 0.791. The van der Waals surface area contributed by atoms with Crippen molar-refractivity contribution in [2.75, 3.05) is 71.2 Å². The van der Waals surface area contributed by atoms with Crippen molar-refractivity contribution in [2.45, 2.75) is 113 Å². The number of alkyl carbamates (subject to hydrolysis) is 1. The second-order valence-corrected chi connectivity index (χ2v) is 21.3. The second kappa shape index (κ2) is 25.2. The van der Waals surface area contributed by atoms with Gasteiger partial charge in [-0.2, -0.15) is 11.8 Å². The van der Waals surface area contributed by atoms with Gasteiger partial charge in [-0.05, 0) is 101 Å². The number of hydrogen-bond acceptors (Lipinski definition) is 9. The molecule has 1 aliphatic heterocycles. The summed E-state index contributed by atoms with van der Waals surface area (Å²) >= 11 is 1.98. The average molecular weight is 822 g/mol. The summed E-state index contributed by atoms with van der Waals surface area (Å²) in [5, 5.41) is 9.77. The van der Waals surface area contributed by atoms with E-state index in [4.69, 9.17) is 18.6 Å². The Hall–Kier alpha value is -2.32. The zero-order valence-corrected chi connectivity index (χ0v) is 38.7. The fourth-order valence-corrected chi connectivity index (χ4v) is 8.60. The van der Waals surface area contributed by atoms with Gasteiger partial charge in [-0.3, -0.25) is 14.5 Å². The first kappa shape index (κ1) is 49.8. The molecule has 0 saturated carbocycles. The number of nitrogens with one attached hydrogen (secondary N) is 3. The van der Waals surface area contributed by atoms with Gasteiger partial charge in [0.25, 0.3) is 5.91 Å². The molecule has 1 unspecified atom stereocenters. The predicted octanol–water partition coefficient (Wildman–Crippen LogP) is 7.51. The molecular weight excluding hydrogens is 745 g/mol. The van der Waals surface area contributed by atoms with Crippen LogP contribution in [0.1, 0.15) is 98.4 Å². The molecule has 1 aromatic carbocycles. The maximum Gasteiger partial charge on any atom is 0.407 e. The third-order valence-electron chi connectivity index (χ3n) is 10.5. The number of amides is 3. The van der Waals surface area contributed by atoms with Crippen LogP contribution in [0.2, 0.25) is 13.1 Å². The minimum atomic E-state index is -0.954. The van der Waals surface area contributed by atoms with Crippen LogP contribution in [0.25, 0.3) is 0 Å². The summed E-state index contributed by atoms with van der Waals surface area (Å²) in [6, 6.07) is 6.98. The van der Waals surface area contributed by atoms with E-state index in [0.29, 0.717) is 57.1 Å². The largest absolute Gasteiger partial charge is 0.493 e. The molecule has 1 aromatic rings. The highest BCUT2D eigenvalue weighted by molar-refractivity contribution is 7.99. The summed E-state index contributed by atoms with van der Waals surface area (Å²) in [4.78, 5) is 43.9. The van der Waals surface area contributed by atoms with Gasteiger partial charge < -0.3 is 34.6 Å². The lowest BCUT2D eigenvalue weighted by Crippen LogP contribution is -2.51. The molecule has 1 fully saturated rings. The van der Waals surface area contributed by atoms with Crippen molar-refractivity contribution >= 4 is 38.7 Å². The Morgan fingerprint density at radius 3 is 2.20 bits per heavy atom. The molecule has 1 aliphatic rings. The molecule has 0 aliphatic carbocycles. The standard InChI is InChI=1S/C43H77N4O7SSi/c1-31(2)33(29-45-39(48)34-17-13-14-18-38(34)52-24-16-15-23-51-10)27-37(46-41(50)54-43(7,8)9)36(42(4,5)6)28-35(32(3)30-53-56(11)12)40(49)44-19-20-47-21-25-55-26-22-47/h13-14,17-18,31-33,35-37H,15-16,19-30H2,1-12H3,(H,44,49)(H,45,48)(H,46,50)/t32?,33-,35+,36-,37+/m1/s1. The molecule has 11 nitrogen and oxygen atoms in total. The Morgan fingerprint density at radius 2 is 1.59 bits per heavy atom. The fourth-order valence-electron chi connectivity index (χ4n) is 7.03. The van der Waals surface area contributed by atoms with Crippen molar-refractivity contribution in [3.63, 3.8) is 0 Å². The number of nitrogens with zero attached hydrogens (tertiary/aromatic N) is 1. The Balaban J connectivity index is 2.38. The van der Waals surface area contributed by atoms with Gasteiger partial charge in [0, 0.05) is 76.5 Å². The number of rotatable bonds is 24. The van der Waals surface area contributed by atoms with E-state index in [-0.39, 0.29) is 52.9 Å². The summed E-state index contributed by atoms with van der Waals surface area (Å²) in [6.45, 7) is 28.4. The molecule has 2 rings (SSSR count). The van der Waals surface area contributed by atoms with Gasteiger partial charge in [-0.1, -0.05) is 53.7 Å². The summed E-state index contributed by atoms with van der Waals surface area (Å²) < 4.78 is 23.2. The number of benzene rings is 1. The van der Waals surface area contributed by atoms with Crippen LogP contribution in [0, 0.1) is 35.0 Å². The highest BCUT2D eigenvalue weighted by atomic mass is 32.2. The van der Waals surface area contributed by atoms with Crippen molar-refractivity contribution in [3.8, 4) is 5.75 Å². The van der Waals surface area contributed by atoms with Crippen molar-refractivity contribution in [3.05, 3.63) is 29.8 Å². The SMILES string of the molecule is COCCCCOc1ccccc1C(=O)NC[C@@H](C[C@H](NC(=O)OC(C)(C)C)[C@@H](C[C@H](C(=O)NCCN1CCSCC1)C(C)CO[Si](C)C)C(C)(C)C)C(C)C. The maximum atomic E-state index is 14.2. The molecule has 1 radical (unpaired) electrons. The van der Waals surface area contributed by atoms with E-state index in [1.165, 1.54) is 0 Å². The number of methoxy groups -OCH3 is 1. The van der Waals surface area contributed by atoms with Gasteiger partial charge in [-0.25, -0.2) is 4.79 Å². The van der Waals surface area contributed by atoms with Crippen LogP contribution in [-0.2, 0) is 18.7 Å². The number of unbranched alkanes of at least 4 members (excludes halogenated alkanes) is 1. The molecular formula is C43H77N4O7SSi. The molecule has 1 saturated heterocycles. The average Bonchev–Trinajstić information content (AvgIpc) is 3.11. The van der Waals surface area contributed by atoms with E-state index in [9.17, 15) is 14.4 Å². The number of hydrogen-bond donors (Lipinski definition) is 3. The van der Waals surface area contributed by atoms with Crippen molar-refractivity contribution in [1.82, 2.24) is 20.9 Å². The van der Waals surface area contributed by atoms with Crippen LogP contribution < -0.4 is 20.7 Å². The molecule has 0 bridgehead atoms. The highest BCUT2D eigenvalue weighted by Crippen LogP contribution is 2.39. The molecule has 13 heteroatoms. The predicted molar refractivity (Wildman–Crippen MR) is 232 cm³/mol. The smallest absolute Gasteiger partial charge is 0.407 e. The maximum absolute atomic E-state index is 14.2. The van der Waals surface area contributed by atoms with Gasteiger partial charge in [0.15, 0.2) is 0 Å². The van der Waals surface area contributed by atoms with Crippen LogP contribution in [0.5, 0.6) is 5.75 Å². The molecule has 3 N–H and O–H groups in total. The molecule has 0 spiro atoms. The number of thioether (sulfide) groups is 1. The van der Waals surface area contributed by atoms with Crippen LogP contribution in [-0.4, -0.2) is 115 Å². The Morgan fingerprint density at radius 1 is 0.929 bits per heavy atom. The van der Waals surface area contributed by atoms with Gasteiger partial charge in [0.2, 0.25) is 14.9 Å². The number of carbonyl (C=O) groups excluding carboxylic acids is 3. The summed E-state index contributed by atoms with van der Waals surface area (Å²) in [6.07, 6.45) is 2.36. The number of para-hydroxylation sites is 1. The van der Waals surface area contributed by atoms with E-state index < -0.39 is 20.7 Å². The monoisotopic (exact) mass is 822 g/mol. The molecule has 0 aromatic heterocycles. The van der Waals surface area contributed by atoms with Crippen LogP contribution in [0.3, 0.4) is 0 Å². The molecule has 56 heavy (non-hydrogen) atoms. The Bertz CT molecular complexity index is 1300. The molecule has 321 valence electrons. The van der Waals surface area contributed by atoms with Crippen molar-refractivity contribution in [1.29, 1.82) is 0 Å². The molecule has 5 atom stereocenters. The van der Waals surface area contributed by atoms with Crippen LogP contribution in [0.15, 0.2) is 24.3 Å². The topological polar surface area (TPSA) is 127 Å². The van der Waals surface area contributed by atoms with E-state index in [1.54, 1.807) is 13.2 Å². The van der Waals surface area contributed by atoms with E-state index in [1.807, 2.05) is 50.7 Å². The van der Waals surface area contributed by atoms with Crippen molar-refractivity contribution in [2.24, 2.45) is 35.0 Å². The van der Waals surface area contributed by atoms with E-state index in [2.05, 4.69) is 75.5 Å². The van der Waals surface area contributed by atoms with Crippen molar-refractivity contribution < 1.29 is 33.0 Å². The van der Waals surface area contributed by atoms with E-state index >= 15 is 0 Å². The second-order valence-electron chi connectivity index (χ2n) is 18.0. The minimum absolute atomic E-state index is 0.00643. The quantitative estimate of drug-likeness (QED) is 0.0718. The lowest BCUT2D eigenvalue weighted by molar-refractivity contribution is -0.128. The zero-order chi connectivity index (χ0) is 41.9. The zero-order valence-electron chi connectivity index (χ0n) is 36.9. The summed E-state index contributed by atoms with van der Waals surface area (Å²) in [7, 11) is 0.730. The normalized spacial score (nSPS) is 16.8. The van der Waals surface area contributed by atoms with Gasteiger partial charge >= 0.3 is 6.09 Å². The van der Waals surface area contributed by atoms with Gasteiger partial charge in [0.05, 0.1) is 12.2 Å². The Kier molecular flexibility index (Phi) is 22.4. The highest BCUT2D eigenvalue weighted by Gasteiger charge is 2.40. The lowest BCUT2D eigenvalue weighted by Gasteiger charge is -2.42. The first-order valence-corrected chi connectivity index (χ1v) is 24.4. The first-order valence-electron chi connectivity index (χ1n) is 20.8. The van der Waals surface area contributed by atoms with Gasteiger partial charge in [-0.15, -0.1) is 0 Å². The molecule has 1 heterocycles. The summed E-state index contributed by atoms with van der Waals surface area (Å²) in [5.74, 6) is 2.36. The third kappa shape index (κ3) is 19.4. The van der Waals surface area contributed by atoms with Crippen LogP contribution in [0.4, 0.5) is 4.79 Å². The number of carbonyl (C=O) groups is 3.